The van der Waals surface area contributed by atoms with Crippen LogP contribution >= 0.6 is 11.3 Å². The molecule has 2 aromatic heterocycles. The fourth-order valence-corrected chi connectivity index (χ4v) is 6.20. The number of nitrogens with one attached hydrogen (secondary N) is 2. The van der Waals surface area contributed by atoms with Gasteiger partial charge in [0.15, 0.2) is 5.43 Å². The number of aromatic amines is 1. The molecular formula is C28H26N4O3S. The van der Waals surface area contributed by atoms with Crippen molar-refractivity contribution in [1.82, 2.24) is 4.98 Å². The first kappa shape index (κ1) is 22.7. The minimum Gasteiger partial charge on any atom is -0.378 e. The highest BCUT2D eigenvalue weighted by Gasteiger charge is 2.19. The van der Waals surface area contributed by atoms with Gasteiger partial charge < -0.3 is 25.7 Å². The highest BCUT2D eigenvalue weighted by molar-refractivity contribution is 7.26. The molecule has 1 fully saturated rings. The molecule has 0 aliphatic carbocycles. The first-order valence-corrected chi connectivity index (χ1v) is 12.9. The fraction of sp³-hybridized carbons (Fsp3) is 0.214. The molecule has 4 N–H and O–H groups in total. The highest BCUT2D eigenvalue weighted by atomic mass is 32.1. The first-order valence-electron chi connectivity index (χ1n) is 12.1. The number of aromatic nitrogens is 1. The molecular weight excluding hydrogens is 472 g/mol. The average Bonchev–Trinajstić information content (AvgIpc) is 3.29. The third-order valence-corrected chi connectivity index (χ3v) is 7.87. The summed E-state index contributed by atoms with van der Waals surface area (Å²) in [5, 5.41) is 5.79. The van der Waals surface area contributed by atoms with Gasteiger partial charge in [0.1, 0.15) is 5.82 Å². The second-order valence-electron chi connectivity index (χ2n) is 8.90. The van der Waals surface area contributed by atoms with E-state index >= 15 is 0 Å². The van der Waals surface area contributed by atoms with Crippen LogP contribution in [-0.4, -0.2) is 43.7 Å². The van der Waals surface area contributed by atoms with Crippen molar-refractivity contribution in [2.24, 2.45) is 5.73 Å². The molecule has 0 spiro atoms. The molecule has 0 saturated carbocycles. The second kappa shape index (κ2) is 9.39. The molecule has 0 unspecified atom stereocenters. The summed E-state index contributed by atoms with van der Waals surface area (Å²) in [5.41, 5.74) is 9.14. The summed E-state index contributed by atoms with van der Waals surface area (Å²) in [4.78, 5) is 31.3. The van der Waals surface area contributed by atoms with Crippen LogP contribution < -0.4 is 21.4 Å². The number of hydrogen-bond acceptors (Lipinski definition) is 6. The maximum absolute atomic E-state index is 13.1. The van der Waals surface area contributed by atoms with Crippen LogP contribution in [0.4, 0.5) is 11.5 Å². The zero-order valence-corrected chi connectivity index (χ0v) is 20.5. The molecule has 1 amide bonds. The lowest BCUT2D eigenvalue weighted by Crippen LogP contribution is -2.37. The quantitative estimate of drug-likeness (QED) is 0.327. The number of benzene rings is 3. The predicted octanol–water partition coefficient (Wildman–Crippen LogP) is 4.69. The van der Waals surface area contributed by atoms with Crippen LogP contribution in [0.1, 0.15) is 6.42 Å². The van der Waals surface area contributed by atoms with E-state index in [0.29, 0.717) is 25.1 Å². The number of amides is 1. The number of para-hydroxylation sites is 1. The Balaban J connectivity index is 1.59. The van der Waals surface area contributed by atoms with Crippen molar-refractivity contribution in [2.75, 3.05) is 43.1 Å². The third kappa shape index (κ3) is 3.93. The van der Waals surface area contributed by atoms with E-state index in [1.807, 2.05) is 42.5 Å². The maximum atomic E-state index is 13.1. The van der Waals surface area contributed by atoms with E-state index < -0.39 is 0 Å². The lowest BCUT2D eigenvalue weighted by molar-refractivity contribution is -0.116. The lowest BCUT2D eigenvalue weighted by atomic mass is 9.98. The van der Waals surface area contributed by atoms with E-state index in [1.54, 1.807) is 17.4 Å². The summed E-state index contributed by atoms with van der Waals surface area (Å²) in [6.45, 7) is 3.05. The SMILES string of the molecule is NCCC(=O)Nc1ccc(-c2cccc3c(=O)cc(N4CCOCC4)[nH]c23)c2sc3ccccc3c12. The molecule has 0 radical (unpaired) electrons. The number of fused-ring (bicyclic) bond motifs is 4. The summed E-state index contributed by atoms with van der Waals surface area (Å²) in [5.74, 6) is 0.702. The highest BCUT2D eigenvalue weighted by Crippen LogP contribution is 2.44. The maximum Gasteiger partial charge on any atom is 0.225 e. The van der Waals surface area contributed by atoms with E-state index in [9.17, 15) is 9.59 Å². The summed E-state index contributed by atoms with van der Waals surface area (Å²) in [6, 6.07) is 19.7. The molecule has 5 aromatic rings. The summed E-state index contributed by atoms with van der Waals surface area (Å²) < 4.78 is 7.69. The van der Waals surface area contributed by atoms with Gasteiger partial charge in [0.05, 0.1) is 24.4 Å². The number of nitrogens with zero attached hydrogens (tertiary/aromatic N) is 1. The Kier molecular flexibility index (Phi) is 5.92. The van der Waals surface area contributed by atoms with Crippen LogP contribution in [0.3, 0.4) is 0 Å². The monoisotopic (exact) mass is 498 g/mol. The van der Waals surface area contributed by atoms with Gasteiger partial charge in [-0.05, 0) is 18.2 Å². The van der Waals surface area contributed by atoms with Crippen LogP contribution in [0.5, 0.6) is 0 Å². The number of nitrogens with two attached hydrogens (primary N) is 1. The minimum atomic E-state index is -0.105. The van der Waals surface area contributed by atoms with Crippen LogP contribution in [0, 0.1) is 0 Å². The molecule has 0 bridgehead atoms. The van der Waals surface area contributed by atoms with Crippen LogP contribution in [0.15, 0.2) is 65.5 Å². The van der Waals surface area contributed by atoms with Crippen LogP contribution in [-0.2, 0) is 9.53 Å². The van der Waals surface area contributed by atoms with Gasteiger partial charge in [0.25, 0.3) is 0 Å². The smallest absolute Gasteiger partial charge is 0.225 e. The van der Waals surface area contributed by atoms with Gasteiger partial charge in [-0.2, -0.15) is 0 Å². The number of anilines is 2. The Morgan fingerprint density at radius 2 is 1.83 bits per heavy atom. The van der Waals surface area contributed by atoms with Gasteiger partial charge in [-0.1, -0.05) is 36.4 Å². The Labute approximate surface area is 211 Å². The van der Waals surface area contributed by atoms with Gasteiger partial charge in [-0.3, -0.25) is 9.59 Å². The Morgan fingerprint density at radius 3 is 2.67 bits per heavy atom. The topological polar surface area (TPSA) is 100 Å². The molecule has 1 aliphatic rings. The van der Waals surface area contributed by atoms with E-state index in [2.05, 4.69) is 27.3 Å². The molecule has 8 heteroatoms. The summed E-state index contributed by atoms with van der Waals surface area (Å²) in [6.07, 6.45) is 0.264. The van der Waals surface area contributed by atoms with E-state index in [1.165, 1.54) is 0 Å². The number of morpholine rings is 1. The van der Waals surface area contributed by atoms with Gasteiger partial charge in [0, 0.05) is 68.8 Å². The molecule has 3 heterocycles. The number of carbonyl (C=O) groups is 1. The Morgan fingerprint density at radius 1 is 1.03 bits per heavy atom. The van der Waals surface area contributed by atoms with Gasteiger partial charge in [-0.25, -0.2) is 0 Å². The van der Waals surface area contributed by atoms with Crippen molar-refractivity contribution in [3.05, 3.63) is 70.9 Å². The van der Waals surface area contributed by atoms with E-state index in [-0.39, 0.29) is 17.8 Å². The average molecular weight is 499 g/mol. The third-order valence-electron chi connectivity index (χ3n) is 6.66. The van der Waals surface area contributed by atoms with Crippen molar-refractivity contribution >= 4 is 59.8 Å². The molecule has 182 valence electrons. The van der Waals surface area contributed by atoms with E-state index in [4.69, 9.17) is 10.5 Å². The fourth-order valence-electron chi connectivity index (χ4n) is 4.95. The summed E-state index contributed by atoms with van der Waals surface area (Å²) in [7, 11) is 0. The molecule has 0 atom stereocenters. The van der Waals surface area contributed by atoms with Crippen molar-refractivity contribution < 1.29 is 9.53 Å². The second-order valence-corrected chi connectivity index (χ2v) is 9.95. The first-order chi connectivity index (χ1) is 17.6. The van der Waals surface area contributed by atoms with Gasteiger partial charge in [-0.15, -0.1) is 11.3 Å². The molecule has 6 rings (SSSR count). The normalized spacial score (nSPS) is 14.1. The number of carbonyl (C=O) groups excluding carboxylic acids is 1. The van der Waals surface area contributed by atoms with Crippen molar-refractivity contribution in [1.29, 1.82) is 0 Å². The Hall–Kier alpha value is -3.72. The van der Waals surface area contributed by atoms with Crippen molar-refractivity contribution in [3.8, 4) is 11.1 Å². The van der Waals surface area contributed by atoms with Gasteiger partial charge in [0.2, 0.25) is 5.91 Å². The number of hydrogen-bond donors (Lipinski definition) is 3. The minimum absolute atomic E-state index is 0.00894. The summed E-state index contributed by atoms with van der Waals surface area (Å²) >= 11 is 1.69. The number of thiophene rings is 1. The van der Waals surface area contributed by atoms with Crippen LogP contribution in [0.25, 0.3) is 42.2 Å². The molecule has 7 nitrogen and oxygen atoms in total. The number of H-pyrrole nitrogens is 1. The molecule has 36 heavy (non-hydrogen) atoms. The standard InChI is InChI=1S/C28H26N4O3S/c29-11-10-25(34)30-21-9-8-18(28-26(21)20-4-1-2-7-23(20)36-28)17-5-3-6-19-22(33)16-24(31-27(17)19)32-12-14-35-15-13-32/h1-9,16H,10-15,29H2,(H,30,34)(H,31,33). The zero-order valence-electron chi connectivity index (χ0n) is 19.7. The zero-order chi connectivity index (χ0) is 24.6. The van der Waals surface area contributed by atoms with Gasteiger partial charge >= 0.3 is 0 Å². The number of rotatable bonds is 5. The number of ether oxygens (including phenoxy) is 1. The van der Waals surface area contributed by atoms with Crippen molar-refractivity contribution in [2.45, 2.75) is 6.42 Å². The Bertz CT molecular complexity index is 1670. The predicted molar refractivity (Wildman–Crippen MR) is 148 cm³/mol. The lowest BCUT2D eigenvalue weighted by Gasteiger charge is -2.28. The molecule has 1 saturated heterocycles. The number of pyridine rings is 1. The largest absolute Gasteiger partial charge is 0.378 e. The van der Waals surface area contributed by atoms with Crippen LogP contribution in [0.2, 0.25) is 0 Å². The van der Waals surface area contributed by atoms with Crippen molar-refractivity contribution in [3.63, 3.8) is 0 Å². The van der Waals surface area contributed by atoms with E-state index in [0.717, 1.165) is 61.4 Å². The molecule has 1 aliphatic heterocycles. The molecule has 3 aromatic carbocycles.